The Bertz CT molecular complexity index is 1440. The zero-order valence-corrected chi connectivity index (χ0v) is 21.6. The van der Waals surface area contributed by atoms with Crippen molar-refractivity contribution in [2.24, 2.45) is 5.92 Å². The van der Waals surface area contributed by atoms with Crippen molar-refractivity contribution in [3.05, 3.63) is 69.8 Å². The fourth-order valence-electron chi connectivity index (χ4n) is 4.13. The molecular formula is C28H32N4O4. The van der Waals surface area contributed by atoms with Crippen molar-refractivity contribution < 1.29 is 14.1 Å². The summed E-state index contributed by atoms with van der Waals surface area (Å²) in [6.45, 7) is 12.1. The van der Waals surface area contributed by atoms with Gasteiger partial charge in [0.1, 0.15) is 5.60 Å². The maximum Gasteiger partial charge on any atom is 0.439 e. The number of pyridine rings is 1. The molecule has 4 rings (SSSR count). The van der Waals surface area contributed by atoms with E-state index in [0.717, 1.165) is 45.3 Å². The van der Waals surface area contributed by atoms with Crippen LogP contribution in [0.25, 0.3) is 33.4 Å². The lowest BCUT2D eigenvalue weighted by Gasteiger charge is -2.22. The number of aromatic nitrogens is 3. The van der Waals surface area contributed by atoms with E-state index in [4.69, 9.17) is 14.2 Å². The molecule has 36 heavy (non-hydrogen) atoms. The number of aromatic amines is 1. The number of hydrogen-bond acceptors (Lipinski definition) is 6. The zero-order chi connectivity index (χ0) is 26.0. The Morgan fingerprint density at radius 2 is 1.81 bits per heavy atom. The first-order valence-corrected chi connectivity index (χ1v) is 12.1. The summed E-state index contributed by atoms with van der Waals surface area (Å²) in [6, 6.07) is 14.0. The molecule has 2 aromatic heterocycles. The van der Waals surface area contributed by atoms with E-state index in [0.29, 0.717) is 17.3 Å². The Morgan fingerprint density at radius 1 is 1.11 bits per heavy atom. The monoisotopic (exact) mass is 488 g/mol. The van der Waals surface area contributed by atoms with Crippen molar-refractivity contribution in [3.63, 3.8) is 0 Å². The third-order valence-electron chi connectivity index (χ3n) is 5.64. The van der Waals surface area contributed by atoms with Crippen molar-refractivity contribution in [1.82, 2.24) is 20.4 Å². The second-order valence-electron chi connectivity index (χ2n) is 10.4. The van der Waals surface area contributed by atoms with E-state index >= 15 is 0 Å². The van der Waals surface area contributed by atoms with E-state index in [9.17, 15) is 9.59 Å². The van der Waals surface area contributed by atoms with Gasteiger partial charge < -0.3 is 10.1 Å². The van der Waals surface area contributed by atoms with Crippen LogP contribution in [0.3, 0.4) is 0 Å². The summed E-state index contributed by atoms with van der Waals surface area (Å²) in [7, 11) is 0. The summed E-state index contributed by atoms with van der Waals surface area (Å²) < 4.78 is 10.2. The Labute approximate surface area is 210 Å². The summed E-state index contributed by atoms with van der Waals surface area (Å²) in [6.07, 6.45) is 0.264. The van der Waals surface area contributed by atoms with Gasteiger partial charge in [0.15, 0.2) is 5.82 Å². The van der Waals surface area contributed by atoms with Gasteiger partial charge in [0, 0.05) is 28.8 Å². The Hall–Kier alpha value is -3.94. The normalized spacial score (nSPS) is 11.8. The number of nitrogens with zero attached hydrogens (tertiary/aromatic N) is 2. The quantitative estimate of drug-likeness (QED) is 0.356. The standard InChI is InChI=1S/C28H32N4O4/c1-16(2)13-23-21(15-29-26(33)35-28(4,5)6)24(18-9-7-17(3)8-10-18)20-14-19(11-12-22(20)30-23)25-31-27(34)36-32-25/h7-12,14,16H,13,15H2,1-6H3,(H,29,33)(H,31,32,34). The number of aryl methyl sites for hydroxylation is 1. The molecule has 0 saturated heterocycles. The van der Waals surface area contributed by atoms with Crippen LogP contribution in [0.4, 0.5) is 4.79 Å². The molecule has 0 aliphatic rings. The van der Waals surface area contributed by atoms with Crippen LogP contribution in [0, 0.1) is 12.8 Å². The number of alkyl carbamates (subject to hydrolysis) is 1. The van der Waals surface area contributed by atoms with Gasteiger partial charge in [0.25, 0.3) is 0 Å². The van der Waals surface area contributed by atoms with Crippen LogP contribution >= 0.6 is 0 Å². The van der Waals surface area contributed by atoms with E-state index in [1.807, 2.05) is 45.9 Å². The summed E-state index contributed by atoms with van der Waals surface area (Å²) in [5, 5.41) is 7.65. The van der Waals surface area contributed by atoms with E-state index < -0.39 is 17.5 Å². The Morgan fingerprint density at radius 3 is 2.42 bits per heavy atom. The maximum absolute atomic E-state index is 12.6. The predicted octanol–water partition coefficient (Wildman–Crippen LogP) is 5.78. The van der Waals surface area contributed by atoms with Gasteiger partial charge in [-0.3, -0.25) is 14.5 Å². The van der Waals surface area contributed by atoms with Crippen LogP contribution in [0.5, 0.6) is 0 Å². The van der Waals surface area contributed by atoms with Crippen molar-refractivity contribution in [2.75, 3.05) is 0 Å². The molecule has 0 aliphatic heterocycles. The van der Waals surface area contributed by atoms with Crippen LogP contribution in [0.1, 0.15) is 51.4 Å². The second kappa shape index (κ2) is 9.97. The summed E-state index contributed by atoms with van der Waals surface area (Å²) in [5.41, 5.74) is 5.89. The molecule has 0 fully saturated rings. The molecule has 188 valence electrons. The lowest BCUT2D eigenvalue weighted by molar-refractivity contribution is 0.0523. The highest BCUT2D eigenvalue weighted by Crippen LogP contribution is 2.36. The van der Waals surface area contributed by atoms with Crippen molar-refractivity contribution in [2.45, 2.75) is 60.1 Å². The molecule has 0 radical (unpaired) electrons. The van der Waals surface area contributed by atoms with Gasteiger partial charge in [0.05, 0.1) is 5.52 Å². The van der Waals surface area contributed by atoms with Gasteiger partial charge in [-0.1, -0.05) is 48.8 Å². The minimum atomic E-state index is -0.614. The van der Waals surface area contributed by atoms with Crippen molar-refractivity contribution in [3.8, 4) is 22.5 Å². The van der Waals surface area contributed by atoms with Crippen LogP contribution in [-0.2, 0) is 17.7 Å². The number of carbonyl (C=O) groups is 1. The fourth-order valence-corrected chi connectivity index (χ4v) is 4.13. The molecule has 0 saturated carbocycles. The first-order valence-electron chi connectivity index (χ1n) is 12.1. The van der Waals surface area contributed by atoms with Gasteiger partial charge in [0.2, 0.25) is 0 Å². The van der Waals surface area contributed by atoms with E-state index in [1.165, 1.54) is 0 Å². The van der Waals surface area contributed by atoms with E-state index in [1.54, 1.807) is 0 Å². The number of rotatable bonds is 6. The molecule has 2 N–H and O–H groups in total. The molecule has 0 unspecified atom stereocenters. The average molecular weight is 489 g/mol. The van der Waals surface area contributed by atoms with Crippen molar-refractivity contribution >= 4 is 17.0 Å². The molecule has 1 amide bonds. The topological polar surface area (TPSA) is 110 Å². The van der Waals surface area contributed by atoms with Gasteiger partial charge in [-0.25, -0.2) is 9.59 Å². The lowest BCUT2D eigenvalue weighted by atomic mass is 9.90. The van der Waals surface area contributed by atoms with Crippen LogP contribution in [0.15, 0.2) is 51.8 Å². The third-order valence-corrected chi connectivity index (χ3v) is 5.64. The Balaban J connectivity index is 1.93. The number of benzene rings is 2. The smallest absolute Gasteiger partial charge is 0.439 e. The minimum absolute atomic E-state index is 0.258. The minimum Gasteiger partial charge on any atom is -0.444 e. The first-order chi connectivity index (χ1) is 17.0. The van der Waals surface area contributed by atoms with Crippen molar-refractivity contribution in [1.29, 1.82) is 0 Å². The number of nitrogens with one attached hydrogen (secondary N) is 2. The average Bonchev–Trinajstić information content (AvgIpc) is 3.22. The third kappa shape index (κ3) is 5.82. The SMILES string of the molecule is Cc1ccc(-c2c(CNC(=O)OC(C)(C)C)c(CC(C)C)nc3ccc(-c4noc(=O)[nH]4)cc23)cc1. The number of fused-ring (bicyclic) bond motifs is 1. The number of carbonyl (C=O) groups excluding carboxylic acids is 1. The van der Waals surface area contributed by atoms with E-state index in [-0.39, 0.29) is 6.54 Å². The number of H-pyrrole nitrogens is 1. The summed E-state index contributed by atoms with van der Waals surface area (Å²) >= 11 is 0. The van der Waals surface area contributed by atoms with Gasteiger partial charge in [-0.05, 0) is 69.4 Å². The first kappa shape index (κ1) is 25.2. The number of amides is 1. The Kier molecular flexibility index (Phi) is 6.97. The molecule has 8 nitrogen and oxygen atoms in total. The largest absolute Gasteiger partial charge is 0.444 e. The van der Waals surface area contributed by atoms with Crippen LogP contribution in [0.2, 0.25) is 0 Å². The van der Waals surface area contributed by atoms with Crippen LogP contribution < -0.4 is 11.1 Å². The van der Waals surface area contributed by atoms with Gasteiger partial charge in [-0.15, -0.1) is 0 Å². The molecule has 4 aromatic rings. The number of ether oxygens (including phenoxy) is 1. The summed E-state index contributed by atoms with van der Waals surface area (Å²) in [5.74, 6) is 0.0912. The van der Waals surface area contributed by atoms with E-state index in [2.05, 4.69) is 53.6 Å². The highest BCUT2D eigenvalue weighted by molar-refractivity contribution is 5.98. The predicted molar refractivity (Wildman–Crippen MR) is 140 cm³/mol. The highest BCUT2D eigenvalue weighted by Gasteiger charge is 2.21. The molecule has 0 spiro atoms. The van der Waals surface area contributed by atoms with Gasteiger partial charge >= 0.3 is 11.8 Å². The highest BCUT2D eigenvalue weighted by atomic mass is 16.6. The molecule has 2 aromatic carbocycles. The maximum atomic E-state index is 12.6. The molecule has 0 atom stereocenters. The molecule has 2 heterocycles. The number of hydrogen-bond donors (Lipinski definition) is 2. The lowest BCUT2D eigenvalue weighted by Crippen LogP contribution is -2.32. The second-order valence-corrected chi connectivity index (χ2v) is 10.4. The molecule has 0 bridgehead atoms. The van der Waals surface area contributed by atoms with Gasteiger partial charge in [-0.2, -0.15) is 0 Å². The molecular weight excluding hydrogens is 456 g/mol. The van der Waals surface area contributed by atoms with Crippen LogP contribution in [-0.4, -0.2) is 26.8 Å². The fraction of sp³-hybridized carbons (Fsp3) is 0.357. The zero-order valence-electron chi connectivity index (χ0n) is 21.6. The molecule has 8 heteroatoms. The molecule has 0 aliphatic carbocycles. The summed E-state index contributed by atoms with van der Waals surface area (Å²) in [4.78, 5) is 31.7.